The van der Waals surface area contributed by atoms with Crippen molar-refractivity contribution < 1.29 is 13.2 Å². The van der Waals surface area contributed by atoms with Crippen LogP contribution in [0.1, 0.15) is 18.4 Å². The summed E-state index contributed by atoms with van der Waals surface area (Å²) in [5.41, 5.74) is 1.95. The van der Waals surface area contributed by atoms with E-state index in [-0.39, 0.29) is 4.90 Å². The van der Waals surface area contributed by atoms with Crippen LogP contribution in [0.25, 0.3) is 10.8 Å². The SMILES string of the molecule is COc1ccc(S(N)(=O)=O)cc1CN1CCC(Nc2ccc3cnccc3c2)CC1. The Balaban J connectivity index is 1.38. The summed E-state index contributed by atoms with van der Waals surface area (Å²) in [5.74, 6) is 0.674. The Labute approximate surface area is 176 Å². The molecule has 0 spiro atoms. The standard InChI is InChI=1S/C22H26N4O3S/c1-29-22-5-4-21(30(23,27)28)13-18(22)15-26-10-7-19(8-11-26)25-20-3-2-17-14-24-9-6-16(17)12-20/h2-6,9,12-14,19,25H,7-8,10-11,15H2,1H3,(H2,23,27,28). The number of nitrogens with two attached hydrogens (primary N) is 1. The third-order valence-corrected chi connectivity index (χ3v) is 6.48. The number of primary sulfonamides is 1. The predicted molar refractivity (Wildman–Crippen MR) is 118 cm³/mol. The first-order valence-electron chi connectivity index (χ1n) is 9.95. The van der Waals surface area contributed by atoms with E-state index in [1.54, 1.807) is 19.2 Å². The number of rotatable bonds is 6. The quantitative estimate of drug-likeness (QED) is 0.629. The third kappa shape index (κ3) is 4.72. The van der Waals surface area contributed by atoms with E-state index < -0.39 is 10.0 Å². The van der Waals surface area contributed by atoms with Crippen molar-refractivity contribution in [3.8, 4) is 5.75 Å². The maximum atomic E-state index is 11.7. The van der Waals surface area contributed by atoms with Crippen molar-refractivity contribution in [2.75, 3.05) is 25.5 Å². The van der Waals surface area contributed by atoms with Crippen LogP contribution in [0.5, 0.6) is 5.75 Å². The Morgan fingerprint density at radius 2 is 1.93 bits per heavy atom. The lowest BCUT2D eigenvalue weighted by Crippen LogP contribution is -2.38. The smallest absolute Gasteiger partial charge is 0.238 e. The van der Waals surface area contributed by atoms with Gasteiger partial charge in [0.15, 0.2) is 0 Å². The highest BCUT2D eigenvalue weighted by atomic mass is 32.2. The lowest BCUT2D eigenvalue weighted by molar-refractivity contribution is 0.208. The molecule has 1 aromatic heterocycles. The van der Waals surface area contributed by atoms with Crippen molar-refractivity contribution in [3.05, 3.63) is 60.4 Å². The molecule has 0 radical (unpaired) electrons. The number of hydrogen-bond acceptors (Lipinski definition) is 6. The second-order valence-corrected chi connectivity index (χ2v) is 9.21. The second-order valence-electron chi connectivity index (χ2n) is 7.65. The normalized spacial score (nSPS) is 15.9. The largest absolute Gasteiger partial charge is 0.496 e. The van der Waals surface area contributed by atoms with Crippen molar-refractivity contribution in [2.45, 2.75) is 30.3 Å². The first-order valence-corrected chi connectivity index (χ1v) is 11.5. The van der Waals surface area contributed by atoms with E-state index in [0.29, 0.717) is 18.3 Å². The monoisotopic (exact) mass is 426 g/mol. The van der Waals surface area contributed by atoms with E-state index in [0.717, 1.165) is 42.6 Å². The summed E-state index contributed by atoms with van der Waals surface area (Å²) in [6.07, 6.45) is 5.69. The van der Waals surface area contributed by atoms with Crippen LogP contribution < -0.4 is 15.2 Å². The second kappa shape index (κ2) is 8.59. The third-order valence-electron chi connectivity index (χ3n) is 5.57. The molecule has 3 aromatic rings. The minimum atomic E-state index is -3.74. The maximum absolute atomic E-state index is 11.7. The number of aromatic nitrogens is 1. The Bertz CT molecular complexity index is 1140. The molecule has 0 saturated carbocycles. The van der Waals surface area contributed by atoms with Gasteiger partial charge in [-0.2, -0.15) is 0 Å². The van der Waals surface area contributed by atoms with Crippen LogP contribution >= 0.6 is 0 Å². The minimum Gasteiger partial charge on any atom is -0.496 e. The molecular formula is C22H26N4O3S. The summed E-state index contributed by atoms with van der Waals surface area (Å²) in [4.78, 5) is 6.58. The summed E-state index contributed by atoms with van der Waals surface area (Å²) < 4.78 is 28.8. The Hall–Kier alpha value is -2.68. The number of fused-ring (bicyclic) bond motifs is 1. The number of likely N-dealkylation sites (tertiary alicyclic amines) is 1. The van der Waals surface area contributed by atoms with E-state index in [1.165, 1.54) is 11.5 Å². The number of nitrogens with one attached hydrogen (secondary N) is 1. The minimum absolute atomic E-state index is 0.112. The number of pyridine rings is 1. The van der Waals surface area contributed by atoms with Crippen LogP contribution in [-0.2, 0) is 16.6 Å². The summed E-state index contributed by atoms with van der Waals surface area (Å²) in [5, 5.41) is 11.2. The van der Waals surface area contributed by atoms with Crippen molar-refractivity contribution >= 4 is 26.5 Å². The van der Waals surface area contributed by atoms with Gasteiger partial charge < -0.3 is 10.1 Å². The zero-order valence-electron chi connectivity index (χ0n) is 16.9. The molecule has 2 heterocycles. The molecule has 7 nitrogen and oxygen atoms in total. The number of hydrogen-bond donors (Lipinski definition) is 2. The van der Waals surface area contributed by atoms with Crippen molar-refractivity contribution in [2.24, 2.45) is 5.14 Å². The van der Waals surface area contributed by atoms with Crippen molar-refractivity contribution in [1.82, 2.24) is 9.88 Å². The van der Waals surface area contributed by atoms with Gasteiger partial charge in [0.25, 0.3) is 0 Å². The van der Waals surface area contributed by atoms with Crippen molar-refractivity contribution in [1.29, 1.82) is 0 Å². The topological polar surface area (TPSA) is 97.5 Å². The van der Waals surface area contributed by atoms with Gasteiger partial charge in [0.2, 0.25) is 10.0 Å². The summed E-state index contributed by atoms with van der Waals surface area (Å²) in [7, 11) is -2.15. The fourth-order valence-corrected chi connectivity index (χ4v) is 4.50. The molecule has 0 aliphatic carbocycles. The lowest BCUT2D eigenvalue weighted by atomic mass is 10.0. The number of nitrogens with zero attached hydrogens (tertiary/aromatic N) is 2. The summed E-state index contributed by atoms with van der Waals surface area (Å²) in [6, 6.07) is 13.5. The lowest BCUT2D eigenvalue weighted by Gasteiger charge is -2.33. The van der Waals surface area contributed by atoms with Gasteiger partial charge >= 0.3 is 0 Å². The molecule has 2 aromatic carbocycles. The van der Waals surface area contributed by atoms with Crippen LogP contribution in [0.2, 0.25) is 0 Å². The molecule has 0 atom stereocenters. The van der Waals surface area contributed by atoms with Crippen molar-refractivity contribution in [3.63, 3.8) is 0 Å². The van der Waals surface area contributed by atoms with Gasteiger partial charge in [0.05, 0.1) is 12.0 Å². The molecular weight excluding hydrogens is 400 g/mol. The Morgan fingerprint density at radius 1 is 1.13 bits per heavy atom. The van der Waals surface area contributed by atoms with Gasteiger partial charge in [-0.1, -0.05) is 6.07 Å². The number of benzene rings is 2. The van der Waals surface area contributed by atoms with E-state index in [2.05, 4.69) is 33.4 Å². The number of ether oxygens (including phenoxy) is 1. The first-order chi connectivity index (χ1) is 14.4. The number of anilines is 1. The van der Waals surface area contributed by atoms with Gasteiger partial charge in [0.1, 0.15) is 5.75 Å². The first kappa shape index (κ1) is 20.6. The van der Waals surface area contributed by atoms with Gasteiger partial charge in [-0.05, 0) is 54.6 Å². The number of piperidine rings is 1. The molecule has 0 unspecified atom stereocenters. The molecule has 0 amide bonds. The van der Waals surface area contributed by atoms with Crippen LogP contribution in [0, 0.1) is 0 Å². The van der Waals surface area contributed by atoms with E-state index in [9.17, 15) is 8.42 Å². The van der Waals surface area contributed by atoms with Gasteiger partial charge in [-0.3, -0.25) is 9.88 Å². The zero-order valence-corrected chi connectivity index (χ0v) is 17.7. The molecule has 1 aliphatic rings. The number of methoxy groups -OCH3 is 1. The molecule has 1 fully saturated rings. The molecule has 158 valence electrons. The number of sulfonamides is 1. The van der Waals surface area contributed by atoms with Crippen LogP contribution in [0.4, 0.5) is 5.69 Å². The van der Waals surface area contributed by atoms with E-state index >= 15 is 0 Å². The average Bonchev–Trinajstić information content (AvgIpc) is 2.74. The maximum Gasteiger partial charge on any atom is 0.238 e. The molecule has 30 heavy (non-hydrogen) atoms. The molecule has 3 N–H and O–H groups in total. The van der Waals surface area contributed by atoms with Gasteiger partial charge in [-0.25, -0.2) is 13.6 Å². The fraction of sp³-hybridized carbons (Fsp3) is 0.318. The summed E-state index contributed by atoms with van der Waals surface area (Å²) >= 11 is 0. The molecule has 1 aliphatic heterocycles. The molecule has 0 bridgehead atoms. The van der Waals surface area contributed by atoms with Crippen LogP contribution in [-0.4, -0.2) is 44.5 Å². The highest BCUT2D eigenvalue weighted by Crippen LogP contribution is 2.26. The van der Waals surface area contributed by atoms with Gasteiger partial charge in [-0.15, -0.1) is 0 Å². The predicted octanol–water partition coefficient (Wildman–Crippen LogP) is 2.97. The molecule has 8 heteroatoms. The summed E-state index contributed by atoms with van der Waals surface area (Å²) in [6.45, 7) is 2.46. The van der Waals surface area contributed by atoms with E-state index in [1.807, 2.05) is 18.5 Å². The Morgan fingerprint density at radius 3 is 2.67 bits per heavy atom. The zero-order chi connectivity index (χ0) is 21.1. The highest BCUT2D eigenvalue weighted by molar-refractivity contribution is 7.89. The highest BCUT2D eigenvalue weighted by Gasteiger charge is 2.21. The Kier molecular flexibility index (Phi) is 5.90. The fourth-order valence-electron chi connectivity index (χ4n) is 3.94. The van der Waals surface area contributed by atoms with E-state index in [4.69, 9.17) is 9.88 Å². The molecule has 4 rings (SSSR count). The van der Waals surface area contributed by atoms with Crippen LogP contribution in [0.3, 0.4) is 0 Å². The average molecular weight is 427 g/mol. The molecule has 1 saturated heterocycles. The van der Waals surface area contributed by atoms with Gasteiger partial charge in [0, 0.05) is 54.7 Å². The van der Waals surface area contributed by atoms with Crippen LogP contribution in [0.15, 0.2) is 59.8 Å².